The van der Waals surface area contributed by atoms with Gasteiger partial charge in [-0.25, -0.2) is 0 Å². The molecule has 0 fully saturated rings. The van der Waals surface area contributed by atoms with E-state index in [0.29, 0.717) is 11.3 Å². The topological polar surface area (TPSA) is 71.3 Å². The fourth-order valence-corrected chi connectivity index (χ4v) is 2.94. The SMILES string of the molecule is CSc1ccccc1NC(=O)c1ccc(CNC(=O)c2ccccc2)o1. The Morgan fingerprint density at radius 2 is 1.65 bits per heavy atom. The molecule has 132 valence electrons. The van der Waals surface area contributed by atoms with E-state index in [4.69, 9.17) is 4.42 Å². The highest BCUT2D eigenvalue weighted by molar-refractivity contribution is 7.98. The average molecular weight is 366 g/mol. The molecule has 2 amide bonds. The van der Waals surface area contributed by atoms with Crippen molar-refractivity contribution < 1.29 is 14.0 Å². The number of anilines is 1. The summed E-state index contributed by atoms with van der Waals surface area (Å²) in [5.41, 5.74) is 1.31. The third-order valence-electron chi connectivity index (χ3n) is 3.70. The van der Waals surface area contributed by atoms with Crippen LogP contribution < -0.4 is 10.6 Å². The minimum absolute atomic E-state index is 0.193. The van der Waals surface area contributed by atoms with E-state index in [-0.39, 0.29) is 24.1 Å². The summed E-state index contributed by atoms with van der Waals surface area (Å²) < 4.78 is 5.54. The van der Waals surface area contributed by atoms with Crippen molar-refractivity contribution in [2.45, 2.75) is 11.4 Å². The summed E-state index contributed by atoms with van der Waals surface area (Å²) in [4.78, 5) is 25.4. The van der Waals surface area contributed by atoms with E-state index >= 15 is 0 Å². The van der Waals surface area contributed by atoms with Gasteiger partial charge < -0.3 is 15.1 Å². The van der Waals surface area contributed by atoms with Gasteiger partial charge in [0.15, 0.2) is 5.76 Å². The number of carbonyl (C=O) groups is 2. The van der Waals surface area contributed by atoms with Gasteiger partial charge in [0.25, 0.3) is 11.8 Å². The lowest BCUT2D eigenvalue weighted by atomic mass is 10.2. The molecule has 5 nitrogen and oxygen atoms in total. The van der Waals surface area contributed by atoms with Crippen LogP contribution in [-0.4, -0.2) is 18.1 Å². The number of rotatable bonds is 6. The highest BCUT2D eigenvalue weighted by Crippen LogP contribution is 2.25. The number of hydrogen-bond acceptors (Lipinski definition) is 4. The van der Waals surface area contributed by atoms with Crippen molar-refractivity contribution >= 4 is 29.3 Å². The van der Waals surface area contributed by atoms with Crippen LogP contribution in [0.1, 0.15) is 26.7 Å². The first-order chi connectivity index (χ1) is 12.7. The molecule has 1 aromatic heterocycles. The van der Waals surface area contributed by atoms with E-state index in [2.05, 4.69) is 10.6 Å². The van der Waals surface area contributed by atoms with Crippen LogP contribution in [0.5, 0.6) is 0 Å². The predicted molar refractivity (Wildman–Crippen MR) is 102 cm³/mol. The van der Waals surface area contributed by atoms with E-state index in [0.717, 1.165) is 10.6 Å². The molecule has 0 radical (unpaired) electrons. The van der Waals surface area contributed by atoms with Gasteiger partial charge in [0.05, 0.1) is 12.2 Å². The lowest BCUT2D eigenvalue weighted by molar-refractivity contribution is 0.0948. The van der Waals surface area contributed by atoms with Gasteiger partial charge in [0.1, 0.15) is 5.76 Å². The normalized spacial score (nSPS) is 10.3. The monoisotopic (exact) mass is 366 g/mol. The Morgan fingerprint density at radius 1 is 0.923 bits per heavy atom. The Bertz CT molecular complexity index is 906. The molecule has 26 heavy (non-hydrogen) atoms. The van der Waals surface area contributed by atoms with Gasteiger partial charge in [0, 0.05) is 10.5 Å². The Labute approximate surface area is 155 Å². The zero-order valence-electron chi connectivity index (χ0n) is 14.2. The third-order valence-corrected chi connectivity index (χ3v) is 4.50. The van der Waals surface area contributed by atoms with Gasteiger partial charge in [-0.05, 0) is 42.7 Å². The number of thioether (sulfide) groups is 1. The molecular weight excluding hydrogens is 348 g/mol. The van der Waals surface area contributed by atoms with Crippen molar-refractivity contribution in [1.82, 2.24) is 5.32 Å². The number of para-hydroxylation sites is 1. The second-order valence-corrected chi connectivity index (χ2v) is 6.32. The lowest BCUT2D eigenvalue weighted by Crippen LogP contribution is -2.22. The summed E-state index contributed by atoms with van der Waals surface area (Å²) in [5.74, 6) is 0.191. The van der Waals surface area contributed by atoms with E-state index in [1.807, 2.05) is 36.6 Å². The molecule has 0 aliphatic rings. The standard InChI is InChI=1S/C20H18N2O3S/c1-26-18-10-6-5-9-16(18)22-20(24)17-12-11-15(25-17)13-21-19(23)14-7-3-2-4-8-14/h2-12H,13H2,1H3,(H,21,23)(H,22,24). The molecule has 2 N–H and O–H groups in total. The largest absolute Gasteiger partial charge is 0.454 e. The van der Waals surface area contributed by atoms with E-state index < -0.39 is 0 Å². The van der Waals surface area contributed by atoms with E-state index in [1.165, 1.54) is 0 Å². The Kier molecular flexibility index (Phi) is 5.76. The second-order valence-electron chi connectivity index (χ2n) is 5.47. The molecule has 0 unspecified atom stereocenters. The van der Waals surface area contributed by atoms with Crippen LogP contribution in [0.3, 0.4) is 0 Å². The summed E-state index contributed by atoms with van der Waals surface area (Å²) in [6, 6.07) is 19.8. The molecule has 0 saturated carbocycles. The highest BCUT2D eigenvalue weighted by Gasteiger charge is 2.14. The molecule has 0 aliphatic carbocycles. The maximum absolute atomic E-state index is 12.4. The molecule has 6 heteroatoms. The van der Waals surface area contributed by atoms with Gasteiger partial charge >= 0.3 is 0 Å². The second kappa shape index (κ2) is 8.40. The lowest BCUT2D eigenvalue weighted by Gasteiger charge is -2.07. The Morgan fingerprint density at radius 3 is 2.42 bits per heavy atom. The maximum atomic E-state index is 12.4. The van der Waals surface area contributed by atoms with Crippen LogP contribution in [0, 0.1) is 0 Å². The summed E-state index contributed by atoms with van der Waals surface area (Å²) >= 11 is 1.55. The minimum atomic E-state index is -0.327. The number of carbonyl (C=O) groups excluding carboxylic acids is 2. The van der Waals surface area contributed by atoms with Crippen molar-refractivity contribution in [2.75, 3.05) is 11.6 Å². The van der Waals surface area contributed by atoms with Crippen LogP contribution in [0.15, 0.2) is 76.0 Å². The van der Waals surface area contributed by atoms with Crippen LogP contribution in [0.25, 0.3) is 0 Å². The van der Waals surface area contributed by atoms with E-state index in [1.54, 1.807) is 48.2 Å². The van der Waals surface area contributed by atoms with E-state index in [9.17, 15) is 9.59 Å². The number of furan rings is 1. The van der Waals surface area contributed by atoms with Gasteiger partial charge in [-0.1, -0.05) is 30.3 Å². The van der Waals surface area contributed by atoms with Crippen molar-refractivity contribution in [1.29, 1.82) is 0 Å². The zero-order valence-corrected chi connectivity index (χ0v) is 15.0. The van der Waals surface area contributed by atoms with Crippen molar-refractivity contribution in [2.24, 2.45) is 0 Å². The van der Waals surface area contributed by atoms with Crippen LogP contribution in [-0.2, 0) is 6.54 Å². The van der Waals surface area contributed by atoms with Crippen LogP contribution in [0.2, 0.25) is 0 Å². The highest BCUT2D eigenvalue weighted by atomic mass is 32.2. The van der Waals surface area contributed by atoms with Crippen molar-refractivity contribution in [3.05, 3.63) is 83.8 Å². The maximum Gasteiger partial charge on any atom is 0.291 e. The average Bonchev–Trinajstić information content (AvgIpc) is 3.16. The summed E-state index contributed by atoms with van der Waals surface area (Å²) in [5, 5.41) is 5.61. The molecule has 0 spiro atoms. The third kappa shape index (κ3) is 4.34. The predicted octanol–water partition coefficient (Wildman–Crippen LogP) is 4.18. The van der Waals surface area contributed by atoms with Crippen LogP contribution >= 0.6 is 11.8 Å². The van der Waals surface area contributed by atoms with Crippen LogP contribution in [0.4, 0.5) is 5.69 Å². The molecular formula is C20H18N2O3S. The fourth-order valence-electron chi connectivity index (χ4n) is 2.39. The molecule has 3 aromatic rings. The molecule has 3 rings (SSSR count). The van der Waals surface area contributed by atoms with Gasteiger partial charge in [0.2, 0.25) is 0 Å². The van der Waals surface area contributed by atoms with Gasteiger partial charge in [-0.2, -0.15) is 0 Å². The number of benzene rings is 2. The first-order valence-electron chi connectivity index (χ1n) is 8.03. The number of nitrogens with one attached hydrogen (secondary N) is 2. The molecule has 2 aromatic carbocycles. The molecule has 1 heterocycles. The fraction of sp³-hybridized carbons (Fsp3) is 0.100. The molecule has 0 aliphatic heterocycles. The number of hydrogen-bond donors (Lipinski definition) is 2. The Hall–Kier alpha value is -2.99. The molecule has 0 saturated heterocycles. The summed E-state index contributed by atoms with van der Waals surface area (Å²) in [6.07, 6.45) is 1.95. The molecule has 0 atom stereocenters. The van der Waals surface area contributed by atoms with Gasteiger partial charge in [-0.3, -0.25) is 9.59 Å². The first kappa shape index (κ1) is 17.8. The van der Waals surface area contributed by atoms with Crippen molar-refractivity contribution in [3.8, 4) is 0 Å². The zero-order chi connectivity index (χ0) is 18.4. The Balaban J connectivity index is 1.60. The number of amides is 2. The summed E-state index contributed by atoms with van der Waals surface area (Å²) in [6.45, 7) is 0.211. The van der Waals surface area contributed by atoms with Gasteiger partial charge in [-0.15, -0.1) is 11.8 Å². The minimum Gasteiger partial charge on any atom is -0.454 e. The smallest absolute Gasteiger partial charge is 0.291 e. The summed E-state index contributed by atoms with van der Waals surface area (Å²) in [7, 11) is 0. The van der Waals surface area contributed by atoms with Crippen molar-refractivity contribution in [3.63, 3.8) is 0 Å². The first-order valence-corrected chi connectivity index (χ1v) is 9.26. The quantitative estimate of drug-likeness (QED) is 0.642. The molecule has 0 bridgehead atoms.